The van der Waals surface area contributed by atoms with Gasteiger partial charge in [-0.3, -0.25) is 0 Å². The van der Waals surface area contributed by atoms with Crippen molar-refractivity contribution in [2.24, 2.45) is 0 Å². The van der Waals surface area contributed by atoms with Crippen LogP contribution in [0.2, 0.25) is 0 Å². The molecule has 0 unspecified atom stereocenters. The minimum Gasteiger partial charge on any atom is -0.423 e. The average Bonchev–Trinajstić information content (AvgIpc) is 3.25. The largest absolute Gasteiger partial charge is 0.423 e. The number of fused-ring (bicyclic) bond motifs is 1. The van der Waals surface area contributed by atoms with Crippen LogP contribution in [0, 0.1) is 20.8 Å². The van der Waals surface area contributed by atoms with E-state index < -0.39 is 0 Å². The summed E-state index contributed by atoms with van der Waals surface area (Å²) in [6.07, 6.45) is 0. The second-order valence-electron chi connectivity index (χ2n) is 6.74. The maximum Gasteiger partial charge on any atom is 0.336 e. The summed E-state index contributed by atoms with van der Waals surface area (Å²) in [6.45, 7) is 7.76. The summed E-state index contributed by atoms with van der Waals surface area (Å²) in [6, 6.07) is 9.99. The van der Waals surface area contributed by atoms with Crippen molar-refractivity contribution in [2.75, 3.05) is 0 Å². The molecule has 0 radical (unpaired) electrons. The highest BCUT2D eigenvalue weighted by Crippen LogP contribution is 2.28. The van der Waals surface area contributed by atoms with Crippen molar-refractivity contribution in [3.05, 3.63) is 72.7 Å². The third-order valence-corrected chi connectivity index (χ3v) is 6.59. The van der Waals surface area contributed by atoms with E-state index in [4.69, 9.17) is 4.42 Å². The van der Waals surface area contributed by atoms with Gasteiger partial charge in [0.1, 0.15) is 18.7 Å². The Hall–Kier alpha value is -2.28. The van der Waals surface area contributed by atoms with Crippen molar-refractivity contribution >= 4 is 33.6 Å². The summed E-state index contributed by atoms with van der Waals surface area (Å²) in [5.74, 6) is 0. The molecule has 4 rings (SSSR count). The number of rotatable bonds is 5. The Bertz CT molecular complexity index is 1170. The zero-order valence-electron chi connectivity index (χ0n) is 15.5. The van der Waals surface area contributed by atoms with Gasteiger partial charge in [0.15, 0.2) is 0 Å². The van der Waals surface area contributed by atoms with Crippen molar-refractivity contribution in [2.45, 2.75) is 33.9 Å². The van der Waals surface area contributed by atoms with Gasteiger partial charge >= 0.3 is 5.63 Å². The smallest absolute Gasteiger partial charge is 0.336 e. The third-order valence-electron chi connectivity index (χ3n) is 4.69. The third kappa shape index (κ3) is 3.88. The number of nitrogens with zero attached hydrogens (tertiary/aromatic N) is 1. The lowest BCUT2D eigenvalue weighted by Gasteiger charge is -2.07. The molecular formula is C21H21N2O2S2+. The fourth-order valence-corrected chi connectivity index (χ4v) is 4.78. The van der Waals surface area contributed by atoms with E-state index in [-0.39, 0.29) is 5.63 Å². The number of aryl methyl sites for hydroxylation is 3. The Kier molecular flexibility index (Phi) is 4.95. The average molecular weight is 398 g/mol. The second kappa shape index (κ2) is 7.38. The number of benzene rings is 1. The van der Waals surface area contributed by atoms with Crippen molar-refractivity contribution in [3.63, 3.8) is 0 Å². The Morgan fingerprint density at radius 3 is 2.67 bits per heavy atom. The topological polar surface area (TPSA) is 59.7 Å². The maximum absolute atomic E-state index is 11.9. The number of nitrogens with two attached hydrogens (primary N) is 1. The van der Waals surface area contributed by atoms with Crippen LogP contribution < -0.4 is 10.9 Å². The molecular weight excluding hydrogens is 376 g/mol. The Balaban J connectivity index is 1.50. The first-order valence-electron chi connectivity index (χ1n) is 8.86. The molecule has 0 spiro atoms. The van der Waals surface area contributed by atoms with E-state index in [9.17, 15) is 4.79 Å². The fraction of sp³-hybridized carbons (Fsp3) is 0.238. The van der Waals surface area contributed by atoms with E-state index in [0.29, 0.717) is 5.58 Å². The summed E-state index contributed by atoms with van der Waals surface area (Å²) in [4.78, 5) is 19.0. The minimum absolute atomic E-state index is 0.286. The van der Waals surface area contributed by atoms with Crippen LogP contribution >= 0.6 is 22.7 Å². The van der Waals surface area contributed by atoms with Gasteiger partial charge in [0.25, 0.3) is 0 Å². The van der Waals surface area contributed by atoms with Gasteiger partial charge in [-0.15, -0.1) is 22.7 Å². The maximum atomic E-state index is 11.9. The highest BCUT2D eigenvalue weighted by molar-refractivity contribution is 7.16. The fourth-order valence-electron chi connectivity index (χ4n) is 3.12. The predicted octanol–water partition coefficient (Wildman–Crippen LogP) is 4.17. The van der Waals surface area contributed by atoms with Crippen molar-refractivity contribution in [3.8, 4) is 10.6 Å². The molecule has 3 heterocycles. The minimum atomic E-state index is -0.286. The molecule has 0 saturated heterocycles. The van der Waals surface area contributed by atoms with Crippen LogP contribution in [0.5, 0.6) is 0 Å². The summed E-state index contributed by atoms with van der Waals surface area (Å²) < 4.78 is 5.38. The zero-order valence-corrected chi connectivity index (χ0v) is 17.2. The lowest BCUT2D eigenvalue weighted by Crippen LogP contribution is -2.80. The summed E-state index contributed by atoms with van der Waals surface area (Å²) in [5, 5.41) is 6.45. The first kappa shape index (κ1) is 18.1. The number of hydrogen-bond donors (Lipinski definition) is 1. The lowest BCUT2D eigenvalue weighted by molar-refractivity contribution is -0.685. The number of aromatic nitrogens is 1. The molecule has 0 bridgehead atoms. The summed E-state index contributed by atoms with van der Waals surface area (Å²) in [7, 11) is 0. The van der Waals surface area contributed by atoms with Crippen LogP contribution in [-0.2, 0) is 13.1 Å². The standard InChI is InChI=1S/C21H20N2O2S2/c1-12-6-17-15(8-21(24)25-19(17)7-13(12)2)9-22-10-16-4-5-20(27-16)18-11-26-14(3)23-18/h4-8,11,22H,9-10H2,1-3H3/p+1. The molecule has 0 fully saturated rings. The predicted molar refractivity (Wildman–Crippen MR) is 111 cm³/mol. The molecule has 0 aliphatic carbocycles. The Morgan fingerprint density at radius 2 is 1.89 bits per heavy atom. The normalized spacial score (nSPS) is 11.4. The monoisotopic (exact) mass is 397 g/mol. The zero-order chi connectivity index (χ0) is 19.0. The highest BCUT2D eigenvalue weighted by atomic mass is 32.1. The number of thiazole rings is 1. The van der Waals surface area contributed by atoms with E-state index in [1.807, 2.05) is 19.9 Å². The molecule has 138 valence electrons. The van der Waals surface area contributed by atoms with Gasteiger partial charge in [0, 0.05) is 22.4 Å². The van der Waals surface area contributed by atoms with E-state index in [2.05, 4.69) is 40.8 Å². The van der Waals surface area contributed by atoms with Crippen molar-refractivity contribution in [1.29, 1.82) is 0 Å². The van der Waals surface area contributed by atoms with Gasteiger partial charge in [0.05, 0.1) is 20.5 Å². The van der Waals surface area contributed by atoms with Gasteiger partial charge in [0.2, 0.25) is 0 Å². The quantitative estimate of drug-likeness (QED) is 0.514. The SMILES string of the molecule is Cc1nc(-c2ccc(C[NH2+]Cc3cc(=O)oc4cc(C)c(C)cc34)s2)cs1. The molecule has 4 nitrogen and oxygen atoms in total. The van der Waals surface area contributed by atoms with Crippen molar-refractivity contribution < 1.29 is 9.73 Å². The molecule has 0 aliphatic heterocycles. The molecule has 0 amide bonds. The highest BCUT2D eigenvalue weighted by Gasteiger charge is 2.11. The molecule has 6 heteroatoms. The number of hydrogen-bond acceptors (Lipinski definition) is 5. The molecule has 3 aromatic heterocycles. The first-order chi connectivity index (χ1) is 13.0. The molecule has 0 atom stereocenters. The van der Waals surface area contributed by atoms with Crippen LogP contribution in [0.15, 0.2) is 44.9 Å². The van der Waals surface area contributed by atoms with E-state index in [1.54, 1.807) is 28.7 Å². The molecule has 27 heavy (non-hydrogen) atoms. The van der Waals surface area contributed by atoms with Crippen LogP contribution in [0.25, 0.3) is 21.5 Å². The van der Waals surface area contributed by atoms with E-state index >= 15 is 0 Å². The molecule has 1 aromatic carbocycles. The second-order valence-corrected chi connectivity index (χ2v) is 8.97. The van der Waals surface area contributed by atoms with Gasteiger partial charge < -0.3 is 9.73 Å². The molecule has 0 saturated carbocycles. The first-order valence-corrected chi connectivity index (χ1v) is 10.6. The Labute approximate surface area is 165 Å². The van der Waals surface area contributed by atoms with E-state index in [0.717, 1.165) is 40.3 Å². The molecule has 0 aliphatic rings. The van der Waals surface area contributed by atoms with Crippen LogP contribution in [0.3, 0.4) is 0 Å². The summed E-state index contributed by atoms with van der Waals surface area (Å²) in [5.41, 5.74) is 4.81. The van der Waals surface area contributed by atoms with Crippen molar-refractivity contribution in [1.82, 2.24) is 4.98 Å². The van der Waals surface area contributed by atoms with Gasteiger partial charge in [-0.05, 0) is 56.2 Å². The van der Waals surface area contributed by atoms with Crippen LogP contribution in [-0.4, -0.2) is 4.98 Å². The van der Waals surface area contributed by atoms with Gasteiger partial charge in [-0.2, -0.15) is 0 Å². The lowest BCUT2D eigenvalue weighted by atomic mass is 10.0. The summed E-state index contributed by atoms with van der Waals surface area (Å²) >= 11 is 3.46. The Morgan fingerprint density at radius 1 is 1.07 bits per heavy atom. The van der Waals surface area contributed by atoms with Crippen LogP contribution in [0.1, 0.15) is 26.6 Å². The molecule has 2 N–H and O–H groups in total. The number of thiophene rings is 1. The number of quaternary nitrogens is 1. The van der Waals surface area contributed by atoms with Crippen LogP contribution in [0.4, 0.5) is 0 Å². The molecule has 4 aromatic rings. The van der Waals surface area contributed by atoms with Gasteiger partial charge in [-0.25, -0.2) is 9.78 Å². The van der Waals surface area contributed by atoms with Gasteiger partial charge in [-0.1, -0.05) is 0 Å². The van der Waals surface area contributed by atoms with E-state index in [1.165, 1.54) is 15.3 Å².